The van der Waals surface area contributed by atoms with Crippen LogP contribution in [0.25, 0.3) is 0 Å². The Morgan fingerprint density at radius 2 is 2.21 bits per heavy atom. The van der Waals surface area contributed by atoms with Gasteiger partial charge in [-0.2, -0.15) is 0 Å². The van der Waals surface area contributed by atoms with Gasteiger partial charge in [-0.05, 0) is 12.1 Å². The van der Waals surface area contributed by atoms with Crippen molar-refractivity contribution >= 4 is 17.3 Å². The van der Waals surface area contributed by atoms with Gasteiger partial charge in [-0.1, -0.05) is 0 Å². The molecule has 0 saturated carbocycles. The van der Waals surface area contributed by atoms with Crippen molar-refractivity contribution in [2.75, 3.05) is 5.73 Å². The standard InChI is InChI=1S/C8H8N2O4/c9-6-2-1-5(3-8(11)12)7(4-6)10(13)14/h1-2,4H,3,9H2,(H,11,12). The lowest BCUT2D eigenvalue weighted by Crippen LogP contribution is -2.04. The number of nitrogens with two attached hydrogens (primary N) is 1. The Bertz CT molecular complexity index is 389. The zero-order chi connectivity index (χ0) is 10.7. The molecule has 0 aliphatic heterocycles. The molecule has 0 spiro atoms. The maximum absolute atomic E-state index is 10.5. The number of nitro benzene ring substituents is 1. The molecule has 0 heterocycles. The summed E-state index contributed by atoms with van der Waals surface area (Å²) in [6.07, 6.45) is -0.378. The third-order valence-electron chi connectivity index (χ3n) is 1.65. The number of rotatable bonds is 3. The summed E-state index contributed by atoms with van der Waals surface area (Å²) in [7, 11) is 0. The topological polar surface area (TPSA) is 106 Å². The van der Waals surface area contributed by atoms with Crippen LogP contribution in [0.4, 0.5) is 11.4 Å². The monoisotopic (exact) mass is 196 g/mol. The zero-order valence-electron chi connectivity index (χ0n) is 7.14. The molecule has 0 aromatic heterocycles. The Balaban J connectivity index is 3.14. The van der Waals surface area contributed by atoms with Gasteiger partial charge in [0.15, 0.2) is 0 Å². The highest BCUT2D eigenvalue weighted by Gasteiger charge is 2.15. The highest BCUT2D eigenvalue weighted by atomic mass is 16.6. The van der Waals surface area contributed by atoms with Gasteiger partial charge in [0.05, 0.1) is 11.3 Å². The normalized spacial score (nSPS) is 9.71. The van der Waals surface area contributed by atoms with Crippen LogP contribution in [0.15, 0.2) is 18.2 Å². The maximum atomic E-state index is 10.5. The Labute approximate surface area is 79.1 Å². The first-order valence-corrected chi connectivity index (χ1v) is 3.75. The van der Waals surface area contributed by atoms with Crippen molar-refractivity contribution in [1.82, 2.24) is 0 Å². The molecule has 3 N–H and O–H groups in total. The van der Waals surface area contributed by atoms with E-state index in [1.165, 1.54) is 12.1 Å². The molecule has 6 heteroatoms. The highest BCUT2D eigenvalue weighted by molar-refractivity contribution is 5.72. The minimum absolute atomic E-state index is 0.150. The molecule has 0 aliphatic carbocycles. The molecule has 0 unspecified atom stereocenters. The second-order valence-electron chi connectivity index (χ2n) is 2.72. The Morgan fingerprint density at radius 1 is 1.57 bits per heavy atom. The molecule has 14 heavy (non-hydrogen) atoms. The molecule has 0 amide bonds. The van der Waals surface area contributed by atoms with Gasteiger partial charge in [0.25, 0.3) is 5.69 Å². The number of aliphatic carboxylic acids is 1. The van der Waals surface area contributed by atoms with Gasteiger partial charge >= 0.3 is 5.97 Å². The van der Waals surface area contributed by atoms with Gasteiger partial charge in [0.1, 0.15) is 0 Å². The molecule has 74 valence electrons. The summed E-state index contributed by atoms with van der Waals surface area (Å²) >= 11 is 0. The summed E-state index contributed by atoms with van der Waals surface area (Å²) in [5.41, 5.74) is 5.48. The Kier molecular flexibility index (Phi) is 2.66. The summed E-state index contributed by atoms with van der Waals surface area (Å²) in [4.78, 5) is 20.2. The number of benzene rings is 1. The Hall–Kier alpha value is -2.11. The maximum Gasteiger partial charge on any atom is 0.308 e. The molecular formula is C8H8N2O4. The molecule has 1 rings (SSSR count). The van der Waals surface area contributed by atoms with Gasteiger partial charge in [-0.15, -0.1) is 0 Å². The number of carboxylic acid groups (broad SMARTS) is 1. The predicted octanol–water partition coefficient (Wildman–Crippen LogP) is 0.804. The number of nitrogens with zero attached hydrogens (tertiary/aromatic N) is 1. The number of hydrogen-bond donors (Lipinski definition) is 2. The molecule has 0 fully saturated rings. The van der Waals surface area contributed by atoms with Crippen LogP contribution >= 0.6 is 0 Å². The quantitative estimate of drug-likeness (QED) is 0.422. The summed E-state index contributed by atoms with van der Waals surface area (Å²) in [5, 5.41) is 19.0. The number of hydrogen-bond acceptors (Lipinski definition) is 4. The lowest BCUT2D eigenvalue weighted by Gasteiger charge is -2.00. The van der Waals surface area contributed by atoms with E-state index in [-0.39, 0.29) is 23.4 Å². The van der Waals surface area contributed by atoms with Crippen molar-refractivity contribution in [3.63, 3.8) is 0 Å². The van der Waals surface area contributed by atoms with Gasteiger partial charge in [-0.3, -0.25) is 14.9 Å². The molecule has 1 aromatic carbocycles. The average molecular weight is 196 g/mol. The molecular weight excluding hydrogens is 188 g/mol. The molecule has 0 aliphatic rings. The van der Waals surface area contributed by atoms with E-state index in [9.17, 15) is 14.9 Å². The number of nitrogen functional groups attached to an aromatic ring is 1. The van der Waals surface area contributed by atoms with E-state index < -0.39 is 10.9 Å². The van der Waals surface area contributed by atoms with Crippen molar-refractivity contribution in [2.45, 2.75) is 6.42 Å². The summed E-state index contributed by atoms with van der Waals surface area (Å²) < 4.78 is 0. The SMILES string of the molecule is Nc1ccc(CC(=O)O)c([N+](=O)[O-])c1. The van der Waals surface area contributed by atoms with Crippen molar-refractivity contribution < 1.29 is 14.8 Å². The zero-order valence-corrected chi connectivity index (χ0v) is 7.14. The number of anilines is 1. The van der Waals surface area contributed by atoms with Gasteiger partial charge < -0.3 is 10.8 Å². The molecule has 6 nitrogen and oxygen atoms in total. The fourth-order valence-corrected chi connectivity index (χ4v) is 1.06. The minimum atomic E-state index is -1.11. The predicted molar refractivity (Wildman–Crippen MR) is 48.8 cm³/mol. The molecule has 0 saturated heterocycles. The summed E-state index contributed by atoms with van der Waals surface area (Å²) in [6, 6.07) is 3.94. The second-order valence-corrected chi connectivity index (χ2v) is 2.72. The minimum Gasteiger partial charge on any atom is -0.481 e. The lowest BCUT2D eigenvalue weighted by molar-refractivity contribution is -0.385. The summed E-state index contributed by atoms with van der Waals surface area (Å²) in [5.74, 6) is -1.11. The first-order chi connectivity index (χ1) is 6.50. The van der Waals surface area contributed by atoms with E-state index in [1.807, 2.05) is 0 Å². The molecule has 0 atom stereocenters. The van der Waals surface area contributed by atoms with Crippen LogP contribution < -0.4 is 5.73 Å². The van der Waals surface area contributed by atoms with Crippen molar-refractivity contribution in [1.29, 1.82) is 0 Å². The van der Waals surface area contributed by atoms with E-state index in [0.717, 1.165) is 6.07 Å². The smallest absolute Gasteiger partial charge is 0.308 e. The van der Waals surface area contributed by atoms with E-state index in [1.54, 1.807) is 0 Å². The van der Waals surface area contributed by atoms with Gasteiger partial charge in [-0.25, -0.2) is 0 Å². The van der Waals surface area contributed by atoms with Gasteiger partial charge in [0, 0.05) is 17.3 Å². The molecule has 0 bridgehead atoms. The first kappa shape index (κ1) is 9.97. The van der Waals surface area contributed by atoms with Crippen molar-refractivity contribution in [3.05, 3.63) is 33.9 Å². The first-order valence-electron chi connectivity index (χ1n) is 3.75. The van der Waals surface area contributed by atoms with Crippen LogP contribution in [0.5, 0.6) is 0 Å². The third-order valence-corrected chi connectivity index (χ3v) is 1.65. The Morgan fingerprint density at radius 3 is 2.71 bits per heavy atom. The van der Waals surface area contributed by atoms with Crippen LogP contribution in [-0.2, 0) is 11.2 Å². The van der Waals surface area contributed by atoms with E-state index in [0.29, 0.717) is 0 Å². The fourth-order valence-electron chi connectivity index (χ4n) is 1.06. The van der Waals surface area contributed by atoms with Crippen molar-refractivity contribution in [3.8, 4) is 0 Å². The van der Waals surface area contributed by atoms with Crippen LogP contribution in [-0.4, -0.2) is 16.0 Å². The van der Waals surface area contributed by atoms with Crippen LogP contribution in [0.1, 0.15) is 5.56 Å². The van der Waals surface area contributed by atoms with Crippen LogP contribution in [0.3, 0.4) is 0 Å². The average Bonchev–Trinajstić information content (AvgIpc) is 2.07. The van der Waals surface area contributed by atoms with E-state index in [2.05, 4.69) is 0 Å². The van der Waals surface area contributed by atoms with Gasteiger partial charge in [0.2, 0.25) is 0 Å². The summed E-state index contributed by atoms with van der Waals surface area (Å²) in [6.45, 7) is 0. The highest BCUT2D eigenvalue weighted by Crippen LogP contribution is 2.21. The number of carbonyl (C=O) groups is 1. The number of carboxylic acids is 1. The fraction of sp³-hybridized carbons (Fsp3) is 0.125. The van der Waals surface area contributed by atoms with E-state index in [4.69, 9.17) is 10.8 Å². The second kappa shape index (κ2) is 3.73. The number of nitro groups is 1. The van der Waals surface area contributed by atoms with E-state index >= 15 is 0 Å². The molecule has 0 radical (unpaired) electrons. The third kappa shape index (κ3) is 2.19. The lowest BCUT2D eigenvalue weighted by atomic mass is 10.1. The molecule has 1 aromatic rings. The largest absolute Gasteiger partial charge is 0.481 e. The van der Waals surface area contributed by atoms with Crippen LogP contribution in [0.2, 0.25) is 0 Å². The van der Waals surface area contributed by atoms with Crippen LogP contribution in [0, 0.1) is 10.1 Å². The van der Waals surface area contributed by atoms with Crippen molar-refractivity contribution in [2.24, 2.45) is 0 Å².